The van der Waals surface area contributed by atoms with Crippen LogP contribution in [0.4, 0.5) is 4.79 Å². The van der Waals surface area contributed by atoms with Gasteiger partial charge < -0.3 is 30.7 Å². The maximum atomic E-state index is 14.2. The minimum atomic E-state index is -1.19. The van der Waals surface area contributed by atoms with Gasteiger partial charge in [0.25, 0.3) is 0 Å². The van der Waals surface area contributed by atoms with Gasteiger partial charge in [-0.15, -0.1) is 0 Å². The molecule has 0 spiro atoms. The molecule has 0 aromatic heterocycles. The van der Waals surface area contributed by atoms with E-state index in [1.807, 2.05) is 57.2 Å². The van der Waals surface area contributed by atoms with Crippen molar-refractivity contribution in [3.05, 3.63) is 60.0 Å². The molecule has 11 heteroatoms. The summed E-state index contributed by atoms with van der Waals surface area (Å²) in [6, 6.07) is 6.18. The molecule has 44 heavy (non-hydrogen) atoms. The predicted octanol–water partition coefficient (Wildman–Crippen LogP) is 3.23. The van der Waals surface area contributed by atoms with Crippen LogP contribution in [0.3, 0.4) is 0 Å². The van der Waals surface area contributed by atoms with E-state index in [1.54, 1.807) is 4.90 Å². The van der Waals surface area contributed by atoms with E-state index in [2.05, 4.69) is 17.2 Å². The average Bonchev–Trinajstić information content (AvgIpc) is 3.27. The molecular formula is C33H45N5O6. The molecule has 5 rings (SSSR count). The molecule has 0 radical (unpaired) electrons. The third-order valence-electron chi connectivity index (χ3n) is 8.81. The Morgan fingerprint density at radius 2 is 1.82 bits per heavy atom. The standard InChI is InChI=1S/C33H45N5O6/c1-21(44-32(2,3)4)35-26-15-9-7-5-6-8-14-24-17-33(24,30(34)41)36-28(39)27-16-25(20-38(27)29(26)40)43-31(42)37-18-22-12-10-11-13-23(22)19-37/h8,10-14,24-27,35H,1,5-7,9,15-20H2,2-4H3,(H2,34,41)(H,36,39)/b14-8-/t24-,25-,26+,27+,33-/m1/s1. The van der Waals surface area contributed by atoms with E-state index < -0.39 is 47.2 Å². The molecule has 1 aromatic carbocycles. The van der Waals surface area contributed by atoms with Crippen LogP contribution in [-0.4, -0.2) is 69.5 Å². The molecule has 0 bridgehead atoms. The van der Waals surface area contributed by atoms with Crippen LogP contribution in [0.2, 0.25) is 0 Å². The van der Waals surface area contributed by atoms with E-state index in [0.717, 1.165) is 36.8 Å². The lowest BCUT2D eigenvalue weighted by Crippen LogP contribution is -2.56. The molecule has 4 aliphatic rings. The number of benzene rings is 1. The number of carbonyl (C=O) groups excluding carboxylic acids is 4. The van der Waals surface area contributed by atoms with Crippen LogP contribution in [0.1, 0.15) is 76.8 Å². The Hall–Kier alpha value is -4.02. The Balaban J connectivity index is 1.37. The Kier molecular flexibility index (Phi) is 8.95. The highest BCUT2D eigenvalue weighted by Gasteiger charge is 2.60. The Bertz CT molecular complexity index is 1310. The highest BCUT2D eigenvalue weighted by atomic mass is 16.6. The number of rotatable bonds is 5. The lowest BCUT2D eigenvalue weighted by Gasteiger charge is -2.31. The van der Waals surface area contributed by atoms with Gasteiger partial charge in [0.2, 0.25) is 17.7 Å². The van der Waals surface area contributed by atoms with E-state index in [1.165, 1.54) is 4.90 Å². The zero-order chi connectivity index (χ0) is 31.6. The highest BCUT2D eigenvalue weighted by molar-refractivity contribution is 5.97. The van der Waals surface area contributed by atoms with E-state index in [-0.39, 0.29) is 30.7 Å². The van der Waals surface area contributed by atoms with Crippen molar-refractivity contribution in [3.63, 3.8) is 0 Å². The van der Waals surface area contributed by atoms with Crippen molar-refractivity contribution in [2.45, 2.75) is 108 Å². The second kappa shape index (κ2) is 12.5. The first-order valence-corrected chi connectivity index (χ1v) is 15.6. The van der Waals surface area contributed by atoms with Crippen molar-refractivity contribution in [2.24, 2.45) is 11.7 Å². The molecule has 238 valence electrons. The third-order valence-corrected chi connectivity index (χ3v) is 8.81. The molecule has 1 saturated heterocycles. The lowest BCUT2D eigenvalue weighted by atomic mass is 10.0. The summed E-state index contributed by atoms with van der Waals surface area (Å²) in [6.07, 6.45) is 7.22. The van der Waals surface area contributed by atoms with Crippen molar-refractivity contribution < 1.29 is 28.7 Å². The minimum Gasteiger partial charge on any atom is -0.474 e. The van der Waals surface area contributed by atoms with Crippen molar-refractivity contribution >= 4 is 23.8 Å². The third kappa shape index (κ3) is 7.03. The molecule has 1 aromatic rings. The first kappa shape index (κ1) is 31.4. The largest absolute Gasteiger partial charge is 0.474 e. The second-order valence-electron chi connectivity index (χ2n) is 13.4. The number of fused-ring (bicyclic) bond motifs is 3. The fraction of sp³-hybridized carbons (Fsp3) is 0.576. The van der Waals surface area contributed by atoms with Gasteiger partial charge in [-0.3, -0.25) is 19.3 Å². The fourth-order valence-electron chi connectivity index (χ4n) is 6.47. The molecule has 3 aliphatic heterocycles. The van der Waals surface area contributed by atoms with Crippen molar-refractivity contribution in [2.75, 3.05) is 6.54 Å². The van der Waals surface area contributed by atoms with Crippen LogP contribution in [-0.2, 0) is 36.9 Å². The molecule has 11 nitrogen and oxygen atoms in total. The second-order valence-corrected chi connectivity index (χ2v) is 13.4. The number of allylic oxidation sites excluding steroid dienone is 1. The highest BCUT2D eigenvalue weighted by Crippen LogP contribution is 2.45. The van der Waals surface area contributed by atoms with Gasteiger partial charge in [-0.1, -0.05) is 49.3 Å². The maximum Gasteiger partial charge on any atom is 0.410 e. The van der Waals surface area contributed by atoms with E-state index in [9.17, 15) is 19.2 Å². The monoisotopic (exact) mass is 607 g/mol. The molecule has 4 N–H and O–H groups in total. The zero-order valence-electron chi connectivity index (χ0n) is 26.0. The topological polar surface area (TPSA) is 143 Å². The van der Waals surface area contributed by atoms with Crippen molar-refractivity contribution in [1.29, 1.82) is 0 Å². The van der Waals surface area contributed by atoms with Gasteiger partial charge in [-0.05, 0) is 64.2 Å². The Morgan fingerprint density at radius 3 is 2.48 bits per heavy atom. The number of nitrogens with zero attached hydrogens (tertiary/aromatic N) is 2. The first-order valence-electron chi connectivity index (χ1n) is 15.6. The van der Waals surface area contributed by atoms with Gasteiger partial charge in [0.05, 0.1) is 6.54 Å². The van der Waals surface area contributed by atoms with Crippen LogP contribution in [0.25, 0.3) is 0 Å². The zero-order valence-corrected chi connectivity index (χ0v) is 26.0. The molecule has 5 atom stereocenters. The van der Waals surface area contributed by atoms with E-state index in [0.29, 0.717) is 25.9 Å². The van der Waals surface area contributed by atoms with Crippen LogP contribution in [0.5, 0.6) is 0 Å². The summed E-state index contributed by atoms with van der Waals surface area (Å²) < 4.78 is 11.8. The van der Waals surface area contributed by atoms with Crippen molar-refractivity contribution in [3.8, 4) is 0 Å². The molecular weight excluding hydrogens is 562 g/mol. The fourth-order valence-corrected chi connectivity index (χ4v) is 6.47. The number of hydrogen-bond acceptors (Lipinski definition) is 7. The molecule has 1 saturated carbocycles. The number of primary amides is 1. The summed E-state index contributed by atoms with van der Waals surface area (Å²) in [5.74, 6) is -1.34. The first-order chi connectivity index (χ1) is 20.9. The minimum absolute atomic E-state index is 0.0428. The molecule has 2 fully saturated rings. The van der Waals surface area contributed by atoms with Crippen molar-refractivity contribution in [1.82, 2.24) is 20.4 Å². The Morgan fingerprint density at radius 1 is 1.11 bits per heavy atom. The molecule has 4 amide bonds. The predicted molar refractivity (Wildman–Crippen MR) is 163 cm³/mol. The average molecular weight is 608 g/mol. The smallest absolute Gasteiger partial charge is 0.410 e. The number of nitrogens with two attached hydrogens (primary N) is 1. The number of amides is 4. The number of nitrogens with one attached hydrogen (secondary N) is 2. The van der Waals surface area contributed by atoms with Gasteiger partial charge in [-0.25, -0.2) is 4.79 Å². The quantitative estimate of drug-likeness (QED) is 0.345. The van der Waals surface area contributed by atoms with Gasteiger partial charge in [0.1, 0.15) is 29.3 Å². The van der Waals surface area contributed by atoms with Gasteiger partial charge in [0, 0.05) is 25.4 Å². The van der Waals surface area contributed by atoms with E-state index in [4.69, 9.17) is 15.2 Å². The van der Waals surface area contributed by atoms with E-state index >= 15 is 0 Å². The van der Waals surface area contributed by atoms with Crippen LogP contribution in [0.15, 0.2) is 48.9 Å². The van der Waals surface area contributed by atoms with Gasteiger partial charge in [-0.2, -0.15) is 0 Å². The van der Waals surface area contributed by atoms with Gasteiger partial charge in [0.15, 0.2) is 5.88 Å². The maximum absolute atomic E-state index is 14.2. The normalized spacial score (nSPS) is 29.6. The van der Waals surface area contributed by atoms with Gasteiger partial charge >= 0.3 is 6.09 Å². The Labute approximate surface area is 259 Å². The summed E-state index contributed by atoms with van der Waals surface area (Å²) in [4.78, 5) is 56.8. The summed E-state index contributed by atoms with van der Waals surface area (Å²) >= 11 is 0. The summed E-state index contributed by atoms with van der Waals surface area (Å²) in [6.45, 7) is 10.6. The molecule has 3 heterocycles. The number of carbonyl (C=O) groups is 4. The lowest BCUT2D eigenvalue weighted by molar-refractivity contribution is -0.141. The van der Waals surface area contributed by atoms with Crippen LogP contribution in [0, 0.1) is 5.92 Å². The molecule has 1 aliphatic carbocycles. The summed E-state index contributed by atoms with van der Waals surface area (Å²) in [5, 5.41) is 6.04. The summed E-state index contributed by atoms with van der Waals surface area (Å²) in [5.41, 5.74) is 6.20. The van der Waals surface area contributed by atoms with Crippen LogP contribution < -0.4 is 16.4 Å². The van der Waals surface area contributed by atoms with Crippen LogP contribution >= 0.6 is 0 Å². The molecule has 0 unspecified atom stereocenters. The number of ether oxygens (including phenoxy) is 2. The summed E-state index contributed by atoms with van der Waals surface area (Å²) in [7, 11) is 0. The number of hydrogen-bond donors (Lipinski definition) is 3. The SMILES string of the molecule is C=C(N[C@H]1CCCCC/C=C\[C@@H]2C[C@@]2(C(N)=O)NC(=O)[C@@H]2C[C@@H](OC(=O)N3Cc4ccccc4C3)CN2C1=O)OC(C)(C)C.